The summed E-state index contributed by atoms with van der Waals surface area (Å²) in [6.45, 7) is 8.45. The van der Waals surface area contributed by atoms with Crippen molar-refractivity contribution in [2.24, 2.45) is 5.92 Å². The van der Waals surface area contributed by atoms with Gasteiger partial charge in [0, 0.05) is 71.8 Å². The molecule has 1 aromatic carbocycles. The van der Waals surface area contributed by atoms with Gasteiger partial charge in [0.05, 0.1) is 12.7 Å². The first-order chi connectivity index (χ1) is 13.8. The van der Waals surface area contributed by atoms with Gasteiger partial charge in [-0.25, -0.2) is 4.98 Å². The van der Waals surface area contributed by atoms with Crippen LogP contribution in [0, 0.1) is 5.92 Å². The maximum atomic E-state index is 6.31. The lowest BCUT2D eigenvalue weighted by molar-refractivity contribution is 0.0371. The van der Waals surface area contributed by atoms with Crippen molar-refractivity contribution < 1.29 is 14.0 Å². The number of ether oxygens (including phenoxy) is 1. The van der Waals surface area contributed by atoms with Crippen LogP contribution in [0.3, 0.4) is 0 Å². The zero-order chi connectivity index (χ0) is 21.2. The van der Waals surface area contributed by atoms with Gasteiger partial charge in [-0.05, 0) is 31.9 Å². The van der Waals surface area contributed by atoms with Gasteiger partial charge in [0.25, 0.3) is 0 Å². The molecule has 2 heterocycles. The molecule has 0 aliphatic rings. The Bertz CT molecular complexity index is 993. The SMILES string of the molecule is COB(OC(C)(C)C(C)C)c1cnc2c(c1)c(-c1ccccc1OC)cn2SI. The van der Waals surface area contributed by atoms with E-state index in [0.29, 0.717) is 5.92 Å². The van der Waals surface area contributed by atoms with Crippen LogP contribution in [0.4, 0.5) is 0 Å². The maximum absolute atomic E-state index is 6.31. The van der Waals surface area contributed by atoms with Crippen molar-refractivity contribution in [1.82, 2.24) is 8.96 Å². The van der Waals surface area contributed by atoms with E-state index in [4.69, 9.17) is 19.0 Å². The number of pyridine rings is 1. The van der Waals surface area contributed by atoms with Gasteiger partial charge >= 0.3 is 7.12 Å². The lowest BCUT2D eigenvalue weighted by Crippen LogP contribution is -2.45. The molecule has 0 saturated heterocycles. The third-order valence-electron chi connectivity index (χ3n) is 5.39. The topological polar surface area (TPSA) is 45.5 Å². The monoisotopic (exact) mass is 524 g/mol. The number of aromatic nitrogens is 2. The molecule has 0 radical (unpaired) electrons. The largest absolute Gasteiger partial charge is 0.496 e. The van der Waals surface area contributed by atoms with Crippen molar-refractivity contribution >= 4 is 53.9 Å². The van der Waals surface area contributed by atoms with Crippen molar-refractivity contribution in [2.75, 3.05) is 14.2 Å². The van der Waals surface area contributed by atoms with Crippen LogP contribution in [0.25, 0.3) is 22.2 Å². The third kappa shape index (κ3) is 4.60. The van der Waals surface area contributed by atoms with Gasteiger partial charge < -0.3 is 14.0 Å². The zero-order valence-electron chi connectivity index (χ0n) is 17.6. The predicted molar refractivity (Wildman–Crippen MR) is 131 cm³/mol. The molecular weight excluding hydrogens is 498 g/mol. The van der Waals surface area contributed by atoms with Gasteiger partial charge in [0.2, 0.25) is 0 Å². The first-order valence-electron chi connectivity index (χ1n) is 9.46. The van der Waals surface area contributed by atoms with Crippen LogP contribution in [0.5, 0.6) is 5.75 Å². The molecule has 2 aromatic heterocycles. The van der Waals surface area contributed by atoms with Crippen LogP contribution in [0.15, 0.2) is 42.7 Å². The van der Waals surface area contributed by atoms with E-state index in [9.17, 15) is 0 Å². The number of para-hydroxylation sites is 1. The van der Waals surface area contributed by atoms with Crippen molar-refractivity contribution in [3.63, 3.8) is 0 Å². The summed E-state index contributed by atoms with van der Waals surface area (Å²) in [7, 11) is 4.44. The summed E-state index contributed by atoms with van der Waals surface area (Å²) in [5, 5.41) is 1.03. The Labute approximate surface area is 189 Å². The van der Waals surface area contributed by atoms with E-state index < -0.39 is 7.12 Å². The molecule has 0 aliphatic heterocycles. The molecule has 0 atom stereocenters. The lowest BCUT2D eigenvalue weighted by atomic mass is 9.77. The number of fused-ring (bicyclic) bond motifs is 1. The van der Waals surface area contributed by atoms with E-state index in [-0.39, 0.29) is 5.60 Å². The van der Waals surface area contributed by atoms with Crippen molar-refractivity contribution in [2.45, 2.75) is 33.3 Å². The number of hydrogen-bond acceptors (Lipinski definition) is 5. The highest BCUT2D eigenvalue weighted by atomic mass is 127. The number of hydrogen-bond donors (Lipinski definition) is 0. The molecule has 0 amide bonds. The maximum Gasteiger partial charge on any atom is 0.495 e. The van der Waals surface area contributed by atoms with Gasteiger partial charge in [-0.2, -0.15) is 0 Å². The standard InChI is InChI=1S/C21H26BIN2O3S/c1-14(2)21(3,4)28-22(27-6)15-11-17-18(13-25(29-23)20(17)24-12-15)16-9-7-8-10-19(16)26-5/h7-14H,1-6H3. The fraction of sp³-hybridized carbons (Fsp3) is 0.381. The minimum absolute atomic E-state index is 0.328. The highest BCUT2D eigenvalue weighted by Gasteiger charge is 2.32. The molecule has 0 unspecified atom stereocenters. The number of rotatable bonds is 8. The second-order valence-electron chi connectivity index (χ2n) is 7.72. The molecule has 0 fully saturated rings. The normalized spacial score (nSPS) is 12.0. The summed E-state index contributed by atoms with van der Waals surface area (Å²) >= 11 is 2.27. The average Bonchev–Trinajstić information content (AvgIpc) is 3.09. The van der Waals surface area contributed by atoms with Crippen molar-refractivity contribution in [3.05, 3.63) is 42.7 Å². The molecule has 8 heteroatoms. The highest BCUT2D eigenvalue weighted by molar-refractivity contribution is 14.2. The van der Waals surface area contributed by atoms with E-state index in [1.807, 2.05) is 24.4 Å². The Morgan fingerprint density at radius 1 is 1.17 bits per heavy atom. The second kappa shape index (κ2) is 9.28. The summed E-state index contributed by atoms with van der Waals surface area (Å²) in [6.07, 6.45) is 3.93. The smallest absolute Gasteiger partial charge is 0.495 e. The molecule has 3 rings (SSSR count). The van der Waals surface area contributed by atoms with Crippen LogP contribution >= 0.6 is 30.3 Å². The molecule has 0 bridgehead atoms. The molecule has 0 aliphatic carbocycles. The van der Waals surface area contributed by atoms with Crippen LogP contribution in [-0.2, 0) is 9.31 Å². The summed E-state index contributed by atoms with van der Waals surface area (Å²) in [5.74, 6) is 1.17. The molecule has 3 aromatic rings. The van der Waals surface area contributed by atoms with E-state index in [0.717, 1.165) is 33.4 Å². The molecular formula is C21H26BIN2O3S. The quantitative estimate of drug-likeness (QED) is 0.294. The lowest BCUT2D eigenvalue weighted by Gasteiger charge is -2.32. The summed E-state index contributed by atoms with van der Waals surface area (Å²) < 4.78 is 19.7. The van der Waals surface area contributed by atoms with Crippen molar-refractivity contribution in [3.8, 4) is 16.9 Å². The zero-order valence-corrected chi connectivity index (χ0v) is 20.6. The second-order valence-corrected chi connectivity index (χ2v) is 9.43. The highest BCUT2D eigenvalue weighted by Crippen LogP contribution is 2.37. The van der Waals surface area contributed by atoms with Crippen LogP contribution < -0.4 is 10.2 Å². The van der Waals surface area contributed by atoms with Gasteiger partial charge in [0.15, 0.2) is 5.65 Å². The van der Waals surface area contributed by atoms with Crippen LogP contribution in [-0.4, -0.2) is 35.9 Å². The first kappa shape index (κ1) is 22.5. The molecule has 0 saturated carbocycles. The Morgan fingerprint density at radius 2 is 1.90 bits per heavy atom. The summed E-state index contributed by atoms with van der Waals surface area (Å²) in [4.78, 5) is 4.73. The first-order valence-corrected chi connectivity index (χ1v) is 12.8. The molecule has 5 nitrogen and oxygen atoms in total. The molecule has 154 valence electrons. The van der Waals surface area contributed by atoms with Gasteiger partial charge in [-0.3, -0.25) is 3.97 Å². The van der Waals surface area contributed by atoms with E-state index in [1.54, 1.807) is 23.3 Å². The third-order valence-corrected chi connectivity index (χ3v) is 7.09. The van der Waals surface area contributed by atoms with E-state index in [2.05, 4.69) is 71.2 Å². The summed E-state index contributed by atoms with van der Waals surface area (Å²) in [5.41, 5.74) is 3.55. The fourth-order valence-electron chi connectivity index (χ4n) is 3.02. The van der Waals surface area contributed by atoms with E-state index in [1.165, 1.54) is 0 Å². The van der Waals surface area contributed by atoms with Crippen LogP contribution in [0.1, 0.15) is 27.7 Å². The van der Waals surface area contributed by atoms with Crippen molar-refractivity contribution in [1.29, 1.82) is 0 Å². The minimum Gasteiger partial charge on any atom is -0.496 e. The van der Waals surface area contributed by atoms with Gasteiger partial charge in [-0.1, -0.05) is 32.0 Å². The summed E-state index contributed by atoms with van der Waals surface area (Å²) in [6, 6.07) is 10.1. The van der Waals surface area contributed by atoms with E-state index >= 15 is 0 Å². The predicted octanol–water partition coefficient (Wildman–Crippen LogP) is 5.35. The minimum atomic E-state index is -0.495. The Kier molecular flexibility index (Phi) is 7.19. The number of methoxy groups -OCH3 is 1. The average molecular weight is 524 g/mol. The Hall–Kier alpha value is -1.23. The number of nitrogens with zero attached hydrogens (tertiary/aromatic N) is 2. The number of halogens is 1. The van der Waals surface area contributed by atoms with Crippen LogP contribution in [0.2, 0.25) is 0 Å². The Morgan fingerprint density at radius 3 is 2.52 bits per heavy atom. The fourth-order valence-corrected chi connectivity index (χ4v) is 4.28. The molecule has 0 spiro atoms. The molecule has 0 N–H and O–H groups in total. The van der Waals surface area contributed by atoms with Gasteiger partial charge in [0.1, 0.15) is 5.75 Å². The molecule has 29 heavy (non-hydrogen) atoms. The van der Waals surface area contributed by atoms with Gasteiger partial charge in [-0.15, -0.1) is 0 Å². The Balaban J connectivity index is 2.13. The number of benzene rings is 1.